The van der Waals surface area contributed by atoms with Gasteiger partial charge in [0.15, 0.2) is 6.23 Å². The molecule has 0 amide bonds. The van der Waals surface area contributed by atoms with Crippen LogP contribution in [0.1, 0.15) is 6.23 Å². The SMILES string of the molecule is N.O=P1(O)OC[C@H]2O[C@@H](n3ncc4ccccc43)[C@H](O)[C@@H]2O1. The van der Waals surface area contributed by atoms with Gasteiger partial charge in [0, 0.05) is 5.39 Å². The van der Waals surface area contributed by atoms with Crippen molar-refractivity contribution in [2.75, 3.05) is 6.61 Å². The van der Waals surface area contributed by atoms with Gasteiger partial charge in [-0.1, -0.05) is 18.2 Å². The van der Waals surface area contributed by atoms with E-state index in [2.05, 4.69) is 5.10 Å². The molecule has 0 saturated carbocycles. The molecule has 3 heterocycles. The maximum Gasteiger partial charge on any atom is 0.472 e. The van der Waals surface area contributed by atoms with E-state index in [4.69, 9.17) is 13.8 Å². The summed E-state index contributed by atoms with van der Waals surface area (Å²) in [5.41, 5.74) is 0.799. The molecular weight excluding hydrogens is 313 g/mol. The number of hydrogen-bond donors (Lipinski definition) is 3. The number of phosphoric acid groups is 1. The third-order valence-electron chi connectivity index (χ3n) is 3.71. The van der Waals surface area contributed by atoms with Gasteiger partial charge in [0.2, 0.25) is 0 Å². The van der Waals surface area contributed by atoms with Crippen molar-refractivity contribution < 1.29 is 28.3 Å². The molecule has 1 unspecified atom stereocenters. The zero-order chi connectivity index (χ0) is 14.6. The first-order valence-electron chi connectivity index (χ1n) is 6.47. The van der Waals surface area contributed by atoms with Crippen molar-refractivity contribution in [3.05, 3.63) is 30.5 Å². The Kier molecular flexibility index (Phi) is 3.82. The molecule has 0 radical (unpaired) electrons. The Labute approximate surface area is 125 Å². The third-order valence-corrected chi connectivity index (χ3v) is 4.70. The molecule has 1 aromatic heterocycles. The van der Waals surface area contributed by atoms with Crippen molar-refractivity contribution in [1.82, 2.24) is 15.9 Å². The molecule has 2 aromatic rings. The second-order valence-electron chi connectivity index (χ2n) is 5.04. The Hall–Kier alpha value is -1.32. The summed E-state index contributed by atoms with van der Waals surface area (Å²) in [7, 11) is -4.12. The number of benzene rings is 1. The average molecular weight is 329 g/mol. The van der Waals surface area contributed by atoms with Gasteiger partial charge >= 0.3 is 7.82 Å². The number of hydrogen-bond acceptors (Lipinski definition) is 7. The van der Waals surface area contributed by atoms with E-state index in [9.17, 15) is 14.6 Å². The molecular formula is C12H16N3O6P. The second kappa shape index (κ2) is 5.39. The highest BCUT2D eigenvalue weighted by Crippen LogP contribution is 2.52. The fraction of sp³-hybridized carbons (Fsp3) is 0.417. The highest BCUT2D eigenvalue weighted by molar-refractivity contribution is 7.47. The van der Waals surface area contributed by atoms with Crippen LogP contribution < -0.4 is 6.15 Å². The summed E-state index contributed by atoms with van der Waals surface area (Å²) in [5, 5.41) is 15.5. The van der Waals surface area contributed by atoms with Gasteiger partial charge in [-0.15, -0.1) is 0 Å². The van der Waals surface area contributed by atoms with E-state index >= 15 is 0 Å². The van der Waals surface area contributed by atoms with Gasteiger partial charge in [-0.05, 0) is 6.07 Å². The number of para-hydroxylation sites is 1. The lowest BCUT2D eigenvalue weighted by molar-refractivity contribution is -0.0693. The lowest BCUT2D eigenvalue weighted by Crippen LogP contribution is -2.39. The lowest BCUT2D eigenvalue weighted by Gasteiger charge is -2.27. The van der Waals surface area contributed by atoms with Gasteiger partial charge in [-0.3, -0.25) is 9.05 Å². The van der Waals surface area contributed by atoms with Gasteiger partial charge < -0.3 is 20.9 Å². The number of phosphoric ester groups is 1. The minimum absolute atomic E-state index is 0. The minimum atomic E-state index is -4.12. The first-order chi connectivity index (χ1) is 10.1. The summed E-state index contributed by atoms with van der Waals surface area (Å²) in [4.78, 5) is 9.35. The third kappa shape index (κ3) is 2.37. The smallest absolute Gasteiger partial charge is 0.385 e. The molecule has 1 aromatic carbocycles. The van der Waals surface area contributed by atoms with E-state index in [1.54, 1.807) is 10.9 Å². The average Bonchev–Trinajstić information content (AvgIpc) is 3.00. The number of aliphatic hydroxyl groups excluding tert-OH is 1. The Morgan fingerprint density at radius 3 is 2.95 bits per heavy atom. The maximum absolute atomic E-state index is 11.4. The standard InChI is InChI=1S/C12H13N2O6P.H3N/c15-10-11-9(6-18-21(16,17)20-11)19-12(10)14-8-4-2-1-3-7(8)5-13-14;/h1-5,9-12,15H,6H2,(H,16,17);1H3/t9-,10-,11-,12-;/m1./s1. The molecule has 120 valence electrons. The van der Waals surface area contributed by atoms with Crippen molar-refractivity contribution in [3.8, 4) is 0 Å². The molecule has 5 N–H and O–H groups in total. The number of rotatable bonds is 1. The molecule has 4 rings (SSSR count). The zero-order valence-electron chi connectivity index (χ0n) is 11.5. The van der Waals surface area contributed by atoms with E-state index in [1.807, 2.05) is 24.3 Å². The Morgan fingerprint density at radius 2 is 2.14 bits per heavy atom. The monoisotopic (exact) mass is 329 g/mol. The first-order valence-corrected chi connectivity index (χ1v) is 7.96. The van der Waals surface area contributed by atoms with Crippen LogP contribution >= 0.6 is 7.82 Å². The van der Waals surface area contributed by atoms with Crippen LogP contribution in [0.4, 0.5) is 0 Å². The molecule has 9 nitrogen and oxygen atoms in total. The van der Waals surface area contributed by atoms with Crippen molar-refractivity contribution in [2.24, 2.45) is 0 Å². The van der Waals surface area contributed by atoms with Crippen molar-refractivity contribution >= 4 is 18.7 Å². The number of fused-ring (bicyclic) bond motifs is 2. The normalized spacial score (nSPS) is 37.7. The molecule has 10 heteroatoms. The summed E-state index contributed by atoms with van der Waals surface area (Å²) >= 11 is 0. The molecule has 0 bridgehead atoms. The maximum atomic E-state index is 11.4. The number of aromatic nitrogens is 2. The number of aliphatic hydroxyl groups is 1. The molecule has 5 atom stereocenters. The Bertz CT molecular complexity index is 736. The molecule has 2 saturated heterocycles. The van der Waals surface area contributed by atoms with Crippen LogP contribution in [0.25, 0.3) is 10.9 Å². The van der Waals surface area contributed by atoms with E-state index in [-0.39, 0.29) is 12.8 Å². The first kappa shape index (κ1) is 15.6. The summed E-state index contributed by atoms with van der Waals surface area (Å²) in [6.07, 6.45) is -1.75. The highest BCUT2D eigenvalue weighted by Gasteiger charge is 2.52. The second-order valence-corrected chi connectivity index (χ2v) is 6.44. The summed E-state index contributed by atoms with van der Waals surface area (Å²) < 4.78 is 28.3. The van der Waals surface area contributed by atoms with Crippen molar-refractivity contribution in [3.63, 3.8) is 0 Å². The fourth-order valence-corrected chi connectivity index (χ4v) is 3.70. The minimum Gasteiger partial charge on any atom is -0.385 e. The highest BCUT2D eigenvalue weighted by atomic mass is 31.2. The fourth-order valence-electron chi connectivity index (χ4n) is 2.73. The Balaban J connectivity index is 0.00000144. The number of ether oxygens (including phenoxy) is 1. The van der Waals surface area contributed by atoms with Crippen LogP contribution in [0.15, 0.2) is 30.5 Å². The molecule has 2 fully saturated rings. The van der Waals surface area contributed by atoms with E-state index < -0.39 is 32.4 Å². The van der Waals surface area contributed by atoms with Crippen LogP contribution in [0.3, 0.4) is 0 Å². The van der Waals surface area contributed by atoms with Crippen LogP contribution in [0.2, 0.25) is 0 Å². The van der Waals surface area contributed by atoms with Crippen LogP contribution in [-0.4, -0.2) is 44.7 Å². The molecule has 22 heavy (non-hydrogen) atoms. The van der Waals surface area contributed by atoms with Crippen molar-refractivity contribution in [2.45, 2.75) is 24.5 Å². The van der Waals surface area contributed by atoms with Crippen LogP contribution in [-0.2, 0) is 18.3 Å². The Morgan fingerprint density at radius 1 is 1.36 bits per heavy atom. The van der Waals surface area contributed by atoms with Crippen molar-refractivity contribution in [1.29, 1.82) is 0 Å². The predicted molar refractivity (Wildman–Crippen MR) is 75.3 cm³/mol. The zero-order valence-corrected chi connectivity index (χ0v) is 12.4. The molecule has 0 aliphatic carbocycles. The van der Waals surface area contributed by atoms with E-state index in [0.717, 1.165) is 10.9 Å². The van der Waals surface area contributed by atoms with Gasteiger partial charge in [0.1, 0.15) is 18.3 Å². The van der Waals surface area contributed by atoms with Gasteiger partial charge in [-0.2, -0.15) is 5.10 Å². The topological polar surface area (TPSA) is 138 Å². The predicted octanol–water partition coefficient (Wildman–Crippen LogP) is 0.972. The van der Waals surface area contributed by atoms with Gasteiger partial charge in [0.25, 0.3) is 0 Å². The lowest BCUT2D eigenvalue weighted by atomic mass is 10.1. The molecule has 2 aliphatic rings. The molecule has 2 aliphatic heterocycles. The van der Waals surface area contributed by atoms with Gasteiger partial charge in [-0.25, -0.2) is 9.25 Å². The van der Waals surface area contributed by atoms with Crippen LogP contribution in [0.5, 0.6) is 0 Å². The van der Waals surface area contributed by atoms with Crippen LogP contribution in [0, 0.1) is 0 Å². The summed E-state index contributed by atoms with van der Waals surface area (Å²) in [6.45, 7) is -0.106. The van der Waals surface area contributed by atoms with E-state index in [1.165, 1.54) is 0 Å². The van der Waals surface area contributed by atoms with Gasteiger partial charge in [0.05, 0.1) is 18.3 Å². The summed E-state index contributed by atoms with van der Waals surface area (Å²) in [5.74, 6) is 0. The largest absolute Gasteiger partial charge is 0.472 e. The van der Waals surface area contributed by atoms with E-state index in [0.29, 0.717) is 0 Å². The number of nitrogens with zero attached hydrogens (tertiary/aromatic N) is 2. The summed E-state index contributed by atoms with van der Waals surface area (Å²) in [6, 6.07) is 7.50. The quantitative estimate of drug-likeness (QED) is 0.658. The molecule has 0 spiro atoms.